The Hall–Kier alpha value is -3.08. The highest BCUT2D eigenvalue weighted by Crippen LogP contribution is 2.24. The Balaban J connectivity index is 1.30. The van der Waals surface area contributed by atoms with Gasteiger partial charge in [0, 0.05) is 0 Å². The van der Waals surface area contributed by atoms with Gasteiger partial charge in [0.1, 0.15) is 10.0 Å². The summed E-state index contributed by atoms with van der Waals surface area (Å²) in [5.41, 5.74) is 4.44. The van der Waals surface area contributed by atoms with Crippen molar-refractivity contribution in [1.82, 2.24) is 9.97 Å². The molecule has 134 valence electrons. The lowest BCUT2D eigenvalue weighted by Gasteiger charge is -1.95. The first-order chi connectivity index (χ1) is 13.8. The Morgan fingerprint density at radius 3 is 1.36 bits per heavy atom. The number of nitrogens with zero attached hydrogens (tertiary/aromatic N) is 2. The number of fused-ring (bicyclic) bond motifs is 2. The van der Waals surface area contributed by atoms with Crippen molar-refractivity contribution in [2.45, 2.75) is 0 Å². The van der Waals surface area contributed by atoms with Gasteiger partial charge in [-0.05, 0) is 47.5 Å². The summed E-state index contributed by atoms with van der Waals surface area (Å²) >= 11 is 3.42. The average Bonchev–Trinajstić information content (AvgIpc) is 3.34. The Kier molecular flexibility index (Phi) is 4.57. The number of para-hydroxylation sites is 2. The molecule has 3 aromatic carbocycles. The molecule has 5 aromatic rings. The van der Waals surface area contributed by atoms with Gasteiger partial charge < -0.3 is 0 Å². The van der Waals surface area contributed by atoms with Crippen molar-refractivity contribution < 1.29 is 0 Å². The predicted molar refractivity (Wildman–Crippen MR) is 124 cm³/mol. The van der Waals surface area contributed by atoms with Crippen LogP contribution >= 0.6 is 22.7 Å². The number of hydrogen-bond acceptors (Lipinski definition) is 4. The molecule has 0 N–H and O–H groups in total. The van der Waals surface area contributed by atoms with E-state index in [1.54, 1.807) is 22.7 Å². The molecule has 2 aromatic heterocycles. The van der Waals surface area contributed by atoms with Gasteiger partial charge in [-0.15, -0.1) is 22.7 Å². The zero-order valence-corrected chi connectivity index (χ0v) is 16.6. The minimum atomic E-state index is 1.03. The van der Waals surface area contributed by atoms with E-state index in [0.29, 0.717) is 0 Å². The highest BCUT2D eigenvalue weighted by molar-refractivity contribution is 7.19. The van der Waals surface area contributed by atoms with Crippen LogP contribution in [-0.4, -0.2) is 9.97 Å². The molecule has 0 aliphatic heterocycles. The summed E-state index contributed by atoms with van der Waals surface area (Å²) in [6.45, 7) is 0. The maximum atomic E-state index is 4.64. The smallest absolute Gasteiger partial charge is 0.117 e. The molecule has 28 heavy (non-hydrogen) atoms. The zero-order chi connectivity index (χ0) is 18.8. The lowest BCUT2D eigenvalue weighted by Crippen LogP contribution is -1.75. The largest absolute Gasteiger partial charge is 0.237 e. The SMILES string of the molecule is C(=Cc1nc2ccccc2s1)c1ccc(C=Cc2nc3ccccc3s2)cc1. The van der Waals surface area contributed by atoms with Crippen LogP contribution in [0, 0.1) is 0 Å². The summed E-state index contributed by atoms with van der Waals surface area (Å²) in [5.74, 6) is 0. The highest BCUT2D eigenvalue weighted by Gasteiger charge is 2.00. The summed E-state index contributed by atoms with van der Waals surface area (Å²) in [7, 11) is 0. The molecular formula is C24H16N2S2. The number of thiazole rings is 2. The average molecular weight is 397 g/mol. The van der Waals surface area contributed by atoms with E-state index < -0.39 is 0 Å². The number of hydrogen-bond donors (Lipinski definition) is 0. The fourth-order valence-corrected chi connectivity index (χ4v) is 4.72. The van der Waals surface area contributed by atoms with Gasteiger partial charge in [-0.2, -0.15) is 0 Å². The van der Waals surface area contributed by atoms with E-state index in [9.17, 15) is 0 Å². The topological polar surface area (TPSA) is 25.8 Å². The van der Waals surface area contributed by atoms with Crippen molar-refractivity contribution >= 4 is 67.4 Å². The summed E-state index contributed by atoms with van der Waals surface area (Å²) in [6, 6.07) is 25.0. The molecule has 0 amide bonds. The molecule has 0 aliphatic carbocycles. The minimum Gasteiger partial charge on any atom is -0.237 e. The van der Waals surface area contributed by atoms with Crippen LogP contribution in [0.3, 0.4) is 0 Å². The third-order valence-electron chi connectivity index (χ3n) is 4.39. The second-order valence-electron chi connectivity index (χ2n) is 6.37. The molecule has 0 radical (unpaired) electrons. The van der Waals surface area contributed by atoms with E-state index in [2.05, 4.69) is 94.9 Å². The Bertz CT molecular complexity index is 1140. The van der Waals surface area contributed by atoms with Gasteiger partial charge in [-0.1, -0.05) is 60.7 Å². The van der Waals surface area contributed by atoms with Gasteiger partial charge in [-0.25, -0.2) is 9.97 Å². The van der Waals surface area contributed by atoms with Gasteiger partial charge in [0.2, 0.25) is 0 Å². The molecule has 0 spiro atoms. The highest BCUT2D eigenvalue weighted by atomic mass is 32.1. The monoisotopic (exact) mass is 396 g/mol. The van der Waals surface area contributed by atoms with Gasteiger partial charge in [0.05, 0.1) is 20.4 Å². The van der Waals surface area contributed by atoms with Crippen LogP contribution in [0.1, 0.15) is 21.1 Å². The Labute approximate surface area is 171 Å². The van der Waals surface area contributed by atoms with Gasteiger partial charge >= 0.3 is 0 Å². The molecule has 0 fully saturated rings. The summed E-state index contributed by atoms with van der Waals surface area (Å²) in [4.78, 5) is 9.28. The molecule has 0 aliphatic rings. The molecule has 0 atom stereocenters. The van der Waals surface area contributed by atoms with Crippen LogP contribution in [0.25, 0.3) is 44.7 Å². The molecule has 2 nitrogen and oxygen atoms in total. The molecule has 0 unspecified atom stereocenters. The Morgan fingerprint density at radius 2 is 0.929 bits per heavy atom. The third-order valence-corrected chi connectivity index (χ3v) is 6.40. The molecule has 2 heterocycles. The van der Waals surface area contributed by atoms with Crippen molar-refractivity contribution in [1.29, 1.82) is 0 Å². The maximum Gasteiger partial charge on any atom is 0.117 e. The fourth-order valence-electron chi connectivity index (χ4n) is 2.98. The van der Waals surface area contributed by atoms with E-state index in [4.69, 9.17) is 0 Å². The van der Waals surface area contributed by atoms with Crippen molar-refractivity contribution in [3.8, 4) is 0 Å². The fraction of sp³-hybridized carbons (Fsp3) is 0. The normalized spacial score (nSPS) is 12.0. The first-order valence-electron chi connectivity index (χ1n) is 9.01. The molecule has 0 saturated carbocycles. The second-order valence-corrected chi connectivity index (χ2v) is 8.50. The second kappa shape index (κ2) is 7.50. The summed E-state index contributed by atoms with van der Waals surface area (Å²) in [6.07, 6.45) is 8.38. The molecular weight excluding hydrogens is 380 g/mol. The van der Waals surface area contributed by atoms with Crippen molar-refractivity contribution in [2.24, 2.45) is 0 Å². The van der Waals surface area contributed by atoms with E-state index in [1.165, 1.54) is 9.40 Å². The van der Waals surface area contributed by atoms with Crippen molar-refractivity contribution in [2.75, 3.05) is 0 Å². The standard InChI is InChI=1S/C24H16N2S2/c1-3-7-21-19(5-1)25-23(27-21)15-13-17-9-11-18(12-10-17)14-16-24-26-20-6-2-4-8-22(20)28-24/h1-16H. The predicted octanol–water partition coefficient (Wildman–Crippen LogP) is 7.25. The molecule has 5 rings (SSSR count). The number of rotatable bonds is 4. The first kappa shape index (κ1) is 17.0. The van der Waals surface area contributed by atoms with Crippen LogP contribution < -0.4 is 0 Å². The summed E-state index contributed by atoms with van der Waals surface area (Å²) in [5, 5.41) is 2.06. The maximum absolute atomic E-state index is 4.64. The number of aromatic nitrogens is 2. The molecule has 0 saturated heterocycles. The Morgan fingerprint density at radius 1 is 0.500 bits per heavy atom. The first-order valence-corrected chi connectivity index (χ1v) is 10.6. The van der Waals surface area contributed by atoms with Crippen LogP contribution in [0.5, 0.6) is 0 Å². The van der Waals surface area contributed by atoms with Crippen LogP contribution in [0.4, 0.5) is 0 Å². The van der Waals surface area contributed by atoms with E-state index in [-0.39, 0.29) is 0 Å². The van der Waals surface area contributed by atoms with Crippen LogP contribution in [0.2, 0.25) is 0 Å². The minimum absolute atomic E-state index is 1.03. The van der Waals surface area contributed by atoms with Gasteiger partial charge in [0.25, 0.3) is 0 Å². The lowest BCUT2D eigenvalue weighted by atomic mass is 10.1. The molecule has 4 heteroatoms. The van der Waals surface area contributed by atoms with Gasteiger partial charge in [0.15, 0.2) is 0 Å². The van der Waals surface area contributed by atoms with E-state index in [0.717, 1.165) is 32.2 Å². The van der Waals surface area contributed by atoms with Crippen molar-refractivity contribution in [3.05, 3.63) is 93.9 Å². The van der Waals surface area contributed by atoms with E-state index >= 15 is 0 Å². The van der Waals surface area contributed by atoms with Gasteiger partial charge in [-0.3, -0.25) is 0 Å². The lowest BCUT2D eigenvalue weighted by molar-refractivity contribution is 1.46. The van der Waals surface area contributed by atoms with Crippen LogP contribution in [-0.2, 0) is 0 Å². The molecule has 0 bridgehead atoms. The quantitative estimate of drug-likeness (QED) is 0.320. The summed E-state index contributed by atoms with van der Waals surface area (Å²) < 4.78 is 2.44. The van der Waals surface area contributed by atoms with Crippen LogP contribution in [0.15, 0.2) is 72.8 Å². The zero-order valence-electron chi connectivity index (χ0n) is 14.9. The third kappa shape index (κ3) is 3.65. The van der Waals surface area contributed by atoms with Crippen molar-refractivity contribution in [3.63, 3.8) is 0 Å². The number of benzene rings is 3. The van der Waals surface area contributed by atoms with E-state index in [1.807, 2.05) is 12.1 Å².